The third-order valence-corrected chi connectivity index (χ3v) is 2.85. The SMILES string of the molecule is COC1(CN)CCCC(C)C1.Cl. The summed E-state index contributed by atoms with van der Waals surface area (Å²) >= 11 is 0. The van der Waals surface area contributed by atoms with Gasteiger partial charge < -0.3 is 10.5 Å². The van der Waals surface area contributed by atoms with Crippen molar-refractivity contribution < 1.29 is 4.74 Å². The van der Waals surface area contributed by atoms with Gasteiger partial charge in [0.15, 0.2) is 0 Å². The molecule has 0 bridgehead atoms. The zero-order chi connectivity index (χ0) is 8.32. The fraction of sp³-hybridized carbons (Fsp3) is 1.00. The van der Waals surface area contributed by atoms with E-state index in [1.54, 1.807) is 7.11 Å². The number of methoxy groups -OCH3 is 1. The predicted octanol–water partition coefficient (Wildman–Crippen LogP) is 1.96. The molecule has 12 heavy (non-hydrogen) atoms. The molecular formula is C9H20ClNO. The van der Waals surface area contributed by atoms with Gasteiger partial charge in [0.05, 0.1) is 5.60 Å². The van der Waals surface area contributed by atoms with Crippen LogP contribution < -0.4 is 5.73 Å². The van der Waals surface area contributed by atoms with Gasteiger partial charge in [-0.25, -0.2) is 0 Å². The van der Waals surface area contributed by atoms with E-state index in [4.69, 9.17) is 10.5 Å². The average Bonchev–Trinajstić information content (AvgIpc) is 2.04. The molecule has 74 valence electrons. The first-order valence-electron chi connectivity index (χ1n) is 4.48. The van der Waals surface area contributed by atoms with Gasteiger partial charge in [-0.2, -0.15) is 0 Å². The second-order valence-corrected chi connectivity index (χ2v) is 3.79. The summed E-state index contributed by atoms with van der Waals surface area (Å²) in [6, 6.07) is 0. The van der Waals surface area contributed by atoms with Crippen molar-refractivity contribution >= 4 is 12.4 Å². The summed E-state index contributed by atoms with van der Waals surface area (Å²) in [5.74, 6) is 0.784. The minimum Gasteiger partial charge on any atom is -0.377 e. The number of hydrogen-bond donors (Lipinski definition) is 1. The first-order valence-corrected chi connectivity index (χ1v) is 4.48. The normalized spacial score (nSPS) is 35.8. The zero-order valence-corrected chi connectivity index (χ0v) is 8.82. The Morgan fingerprint density at radius 1 is 1.58 bits per heavy atom. The van der Waals surface area contributed by atoms with Crippen molar-refractivity contribution in [3.05, 3.63) is 0 Å². The Balaban J connectivity index is 0.00000121. The summed E-state index contributed by atoms with van der Waals surface area (Å²) < 4.78 is 5.47. The lowest BCUT2D eigenvalue weighted by atomic mass is 9.79. The van der Waals surface area contributed by atoms with Gasteiger partial charge in [0, 0.05) is 13.7 Å². The number of hydrogen-bond acceptors (Lipinski definition) is 2. The maximum Gasteiger partial charge on any atom is 0.0802 e. The quantitative estimate of drug-likeness (QED) is 0.728. The summed E-state index contributed by atoms with van der Waals surface area (Å²) in [4.78, 5) is 0. The molecule has 0 amide bonds. The van der Waals surface area contributed by atoms with Crippen LogP contribution in [0.2, 0.25) is 0 Å². The maximum atomic E-state index is 5.69. The molecule has 2 atom stereocenters. The van der Waals surface area contributed by atoms with E-state index in [1.165, 1.54) is 12.8 Å². The third-order valence-electron chi connectivity index (χ3n) is 2.85. The van der Waals surface area contributed by atoms with Crippen molar-refractivity contribution in [2.45, 2.75) is 38.2 Å². The van der Waals surface area contributed by atoms with E-state index in [1.807, 2.05) is 0 Å². The van der Waals surface area contributed by atoms with Gasteiger partial charge in [-0.05, 0) is 18.8 Å². The highest BCUT2D eigenvalue weighted by Crippen LogP contribution is 2.33. The minimum absolute atomic E-state index is 0. The van der Waals surface area contributed by atoms with Crippen LogP contribution in [0.15, 0.2) is 0 Å². The number of halogens is 1. The molecule has 0 aromatic rings. The van der Waals surface area contributed by atoms with E-state index in [-0.39, 0.29) is 18.0 Å². The zero-order valence-electron chi connectivity index (χ0n) is 8.01. The van der Waals surface area contributed by atoms with E-state index < -0.39 is 0 Å². The molecule has 0 radical (unpaired) electrons. The lowest BCUT2D eigenvalue weighted by Crippen LogP contribution is -2.43. The molecule has 3 heteroatoms. The van der Waals surface area contributed by atoms with Crippen molar-refractivity contribution in [1.29, 1.82) is 0 Å². The highest BCUT2D eigenvalue weighted by Gasteiger charge is 2.33. The molecule has 0 aromatic carbocycles. The van der Waals surface area contributed by atoms with E-state index in [9.17, 15) is 0 Å². The lowest BCUT2D eigenvalue weighted by Gasteiger charge is -2.37. The fourth-order valence-corrected chi connectivity index (χ4v) is 2.07. The van der Waals surface area contributed by atoms with E-state index in [2.05, 4.69) is 6.92 Å². The van der Waals surface area contributed by atoms with Crippen LogP contribution in [0.25, 0.3) is 0 Å². The minimum atomic E-state index is 0. The van der Waals surface area contributed by atoms with E-state index >= 15 is 0 Å². The van der Waals surface area contributed by atoms with Crippen molar-refractivity contribution in [2.24, 2.45) is 11.7 Å². The molecule has 1 fully saturated rings. The van der Waals surface area contributed by atoms with Crippen LogP contribution in [0.5, 0.6) is 0 Å². The Hall–Kier alpha value is 0.210. The topological polar surface area (TPSA) is 35.2 Å². The Morgan fingerprint density at radius 2 is 2.25 bits per heavy atom. The number of nitrogens with two attached hydrogens (primary N) is 1. The van der Waals surface area contributed by atoms with Crippen LogP contribution in [-0.2, 0) is 4.74 Å². The van der Waals surface area contributed by atoms with Crippen LogP contribution in [0.3, 0.4) is 0 Å². The van der Waals surface area contributed by atoms with Gasteiger partial charge in [-0.3, -0.25) is 0 Å². The van der Waals surface area contributed by atoms with Crippen LogP contribution >= 0.6 is 12.4 Å². The maximum absolute atomic E-state index is 5.69. The molecule has 1 aliphatic carbocycles. The molecular weight excluding hydrogens is 174 g/mol. The summed E-state index contributed by atoms with van der Waals surface area (Å²) in [5, 5.41) is 0. The molecule has 0 aliphatic heterocycles. The van der Waals surface area contributed by atoms with Crippen LogP contribution in [-0.4, -0.2) is 19.3 Å². The predicted molar refractivity (Wildman–Crippen MR) is 53.7 cm³/mol. The van der Waals surface area contributed by atoms with Crippen molar-refractivity contribution in [3.8, 4) is 0 Å². The first kappa shape index (κ1) is 12.2. The summed E-state index contributed by atoms with van der Waals surface area (Å²) in [5.41, 5.74) is 5.70. The second kappa shape index (κ2) is 5.05. The molecule has 1 rings (SSSR count). The molecule has 0 heterocycles. The summed E-state index contributed by atoms with van der Waals surface area (Å²) in [6.45, 7) is 2.95. The van der Waals surface area contributed by atoms with Gasteiger partial charge in [-0.1, -0.05) is 19.8 Å². The van der Waals surface area contributed by atoms with Gasteiger partial charge in [0.1, 0.15) is 0 Å². The van der Waals surface area contributed by atoms with Gasteiger partial charge >= 0.3 is 0 Å². The average molecular weight is 194 g/mol. The molecule has 0 saturated heterocycles. The number of ether oxygens (including phenoxy) is 1. The summed E-state index contributed by atoms with van der Waals surface area (Å²) in [7, 11) is 1.78. The van der Waals surface area contributed by atoms with Crippen molar-refractivity contribution in [1.82, 2.24) is 0 Å². The smallest absolute Gasteiger partial charge is 0.0802 e. The first-order chi connectivity index (χ1) is 5.22. The van der Waals surface area contributed by atoms with Gasteiger partial charge in [0.2, 0.25) is 0 Å². The van der Waals surface area contributed by atoms with Gasteiger partial charge in [-0.15, -0.1) is 12.4 Å². The van der Waals surface area contributed by atoms with Crippen LogP contribution in [0, 0.1) is 5.92 Å². The Labute approximate surface area is 81.3 Å². The monoisotopic (exact) mass is 193 g/mol. The third kappa shape index (κ3) is 2.61. The summed E-state index contributed by atoms with van der Waals surface area (Å²) in [6.07, 6.45) is 4.89. The molecule has 0 spiro atoms. The fourth-order valence-electron chi connectivity index (χ4n) is 2.07. The van der Waals surface area contributed by atoms with Gasteiger partial charge in [0.25, 0.3) is 0 Å². The Bertz CT molecular complexity index is 126. The molecule has 2 N–H and O–H groups in total. The molecule has 1 aliphatic rings. The Morgan fingerprint density at radius 3 is 2.58 bits per heavy atom. The molecule has 2 nitrogen and oxygen atoms in total. The van der Waals surface area contributed by atoms with Crippen LogP contribution in [0.4, 0.5) is 0 Å². The molecule has 0 aromatic heterocycles. The molecule has 1 saturated carbocycles. The van der Waals surface area contributed by atoms with Crippen molar-refractivity contribution in [3.63, 3.8) is 0 Å². The largest absolute Gasteiger partial charge is 0.377 e. The standard InChI is InChI=1S/C9H19NO.ClH/c1-8-4-3-5-9(6-8,7-10)11-2;/h8H,3-7,10H2,1-2H3;1H. The number of rotatable bonds is 2. The highest BCUT2D eigenvalue weighted by atomic mass is 35.5. The lowest BCUT2D eigenvalue weighted by molar-refractivity contribution is -0.0446. The van der Waals surface area contributed by atoms with E-state index in [0.717, 1.165) is 18.8 Å². The highest BCUT2D eigenvalue weighted by molar-refractivity contribution is 5.85. The van der Waals surface area contributed by atoms with Crippen LogP contribution in [0.1, 0.15) is 32.6 Å². The van der Waals surface area contributed by atoms with E-state index in [0.29, 0.717) is 6.54 Å². The second-order valence-electron chi connectivity index (χ2n) is 3.79. The molecule has 2 unspecified atom stereocenters. The Kier molecular flexibility index (Phi) is 5.14. The van der Waals surface area contributed by atoms with Crippen molar-refractivity contribution in [2.75, 3.05) is 13.7 Å².